The molecular weight excluding hydrogens is 696 g/mol. The number of carbonyl (C=O) groups is 1. The summed E-state index contributed by atoms with van der Waals surface area (Å²) < 4.78 is 122. The molecule has 0 aliphatic carbocycles. The third-order valence-electron chi connectivity index (χ3n) is 6.57. The Morgan fingerprint density at radius 3 is 2.51 bits per heavy atom. The quantitative estimate of drug-likeness (QED) is 0.0622. The van der Waals surface area contributed by atoms with Gasteiger partial charge in [-0.25, -0.2) is 32.4 Å². The van der Waals surface area contributed by atoms with Gasteiger partial charge in [0.2, 0.25) is 6.04 Å². The van der Waals surface area contributed by atoms with Gasteiger partial charge in [-0.3, -0.25) is 4.55 Å². The molecule has 1 N–H and O–H groups in total. The van der Waals surface area contributed by atoms with Gasteiger partial charge in [0.15, 0.2) is 23.2 Å². The number of esters is 1. The summed E-state index contributed by atoms with van der Waals surface area (Å²) >= 11 is 0. The Morgan fingerprint density at radius 1 is 1.04 bits per heavy atom. The van der Waals surface area contributed by atoms with Crippen molar-refractivity contribution in [3.63, 3.8) is 0 Å². The molecule has 49 heavy (non-hydrogen) atoms. The van der Waals surface area contributed by atoms with Crippen molar-refractivity contribution >= 4 is 16.4 Å². The Morgan fingerprint density at radius 2 is 1.80 bits per heavy atom. The van der Waals surface area contributed by atoms with Crippen LogP contribution >= 0.6 is 0 Å². The van der Waals surface area contributed by atoms with Crippen molar-refractivity contribution in [2.75, 3.05) is 19.8 Å². The van der Waals surface area contributed by atoms with Crippen LogP contribution in [0.2, 0.25) is 0 Å². The standard InChI is InChI=1S/C29H24F5N5O8S.Na.H/c1-2-9-44-16-7-8-17(19(12-16)29(32,33)34)21-13-24(47-38-21)26(28(40)45-10-4-11-46-48(41,42)43)39-15-23-22(14-35-39)36-27(37-23)18-5-3-6-20(30)25(18)31;;/h3,5-8,12-15,26H,2,4,9-11H2,1H3,(H,41,42,43);;/q;+1;-1. The van der Waals surface area contributed by atoms with Crippen molar-refractivity contribution < 1.29 is 88.9 Å². The van der Waals surface area contributed by atoms with Gasteiger partial charge in [-0.15, -0.1) is 0 Å². The molecule has 3 aromatic rings. The van der Waals surface area contributed by atoms with Crippen molar-refractivity contribution in [2.24, 2.45) is 0 Å². The fourth-order valence-electron chi connectivity index (χ4n) is 4.44. The molecule has 1 aromatic heterocycles. The van der Waals surface area contributed by atoms with Crippen LogP contribution in [0.25, 0.3) is 34.0 Å². The summed E-state index contributed by atoms with van der Waals surface area (Å²) in [6.07, 6.45) is -2.09. The molecule has 0 saturated heterocycles. The fraction of sp³-hybridized carbons (Fsp3) is 0.276. The van der Waals surface area contributed by atoms with E-state index in [9.17, 15) is 35.2 Å². The Hall–Kier alpha value is -4.01. The van der Waals surface area contributed by atoms with Crippen LogP contribution in [0.1, 0.15) is 38.6 Å². The van der Waals surface area contributed by atoms with E-state index >= 15 is 0 Å². The number of rotatable bonds is 13. The third kappa shape index (κ3) is 9.17. The van der Waals surface area contributed by atoms with Crippen molar-refractivity contribution in [1.82, 2.24) is 24.9 Å². The first-order valence-electron chi connectivity index (χ1n) is 14.0. The van der Waals surface area contributed by atoms with Crippen LogP contribution in [0.5, 0.6) is 5.75 Å². The van der Waals surface area contributed by atoms with Gasteiger partial charge in [-0.2, -0.15) is 26.7 Å². The fourth-order valence-corrected chi connectivity index (χ4v) is 4.77. The minimum atomic E-state index is -4.82. The molecular formula is C29H25F5N5NaO8S. The number of halogens is 5. The van der Waals surface area contributed by atoms with Crippen molar-refractivity contribution in [3.05, 3.63) is 77.8 Å². The molecule has 20 heteroatoms. The van der Waals surface area contributed by atoms with E-state index in [-0.39, 0.29) is 89.6 Å². The molecule has 0 saturated carbocycles. The second-order valence-corrected chi connectivity index (χ2v) is 11.1. The van der Waals surface area contributed by atoms with Crippen molar-refractivity contribution in [3.8, 4) is 39.8 Å². The molecule has 3 heterocycles. The Labute approximate surface area is 298 Å². The van der Waals surface area contributed by atoms with E-state index in [1.807, 2.05) is 0 Å². The van der Waals surface area contributed by atoms with E-state index < -0.39 is 59.0 Å². The van der Waals surface area contributed by atoms with Crippen LogP contribution in [0.15, 0.2) is 59.4 Å². The van der Waals surface area contributed by atoms with Gasteiger partial charge < -0.3 is 15.4 Å². The maximum Gasteiger partial charge on any atom is 1.00 e. The Bertz CT molecular complexity index is 2010. The van der Waals surface area contributed by atoms with Crippen LogP contribution in [0, 0.1) is 11.6 Å². The number of aromatic nitrogens is 5. The Kier molecular flexibility index (Phi) is 12.1. The summed E-state index contributed by atoms with van der Waals surface area (Å²) in [7, 11) is -4.74. The van der Waals surface area contributed by atoms with Crippen LogP contribution < -0.4 is 34.3 Å². The first kappa shape index (κ1) is 37.8. The molecule has 5 rings (SSSR count). The monoisotopic (exact) mass is 721 g/mol. The van der Waals surface area contributed by atoms with Crippen molar-refractivity contribution in [1.29, 1.82) is 0 Å². The van der Waals surface area contributed by atoms with Gasteiger partial charge in [0, 0.05) is 18.1 Å². The van der Waals surface area contributed by atoms with Gasteiger partial charge in [0.1, 0.15) is 22.8 Å². The van der Waals surface area contributed by atoms with Gasteiger partial charge in [-0.05, 0) is 36.8 Å². The van der Waals surface area contributed by atoms with Gasteiger partial charge in [-0.1, -0.05) is 18.1 Å². The van der Waals surface area contributed by atoms with Gasteiger partial charge in [0.25, 0.3) is 0 Å². The topological polar surface area (TPSA) is 169 Å². The maximum absolute atomic E-state index is 14.4. The summed E-state index contributed by atoms with van der Waals surface area (Å²) in [5, 5.41) is 7.89. The van der Waals surface area contributed by atoms with Crippen LogP contribution in [-0.4, -0.2) is 63.7 Å². The summed E-state index contributed by atoms with van der Waals surface area (Å²) in [5.74, 6) is -3.92. The van der Waals surface area contributed by atoms with Gasteiger partial charge in [0.05, 0.1) is 43.3 Å². The molecule has 256 valence electrons. The molecule has 1 atom stereocenters. The largest absolute Gasteiger partial charge is 1.00 e. The van der Waals surface area contributed by atoms with E-state index in [0.717, 1.165) is 35.1 Å². The number of hydrogen-bond acceptors (Lipinski definition) is 11. The minimum absolute atomic E-state index is 0. The van der Waals surface area contributed by atoms with Crippen LogP contribution in [0.3, 0.4) is 0 Å². The molecule has 1 unspecified atom stereocenters. The normalized spacial score (nSPS) is 12.5. The molecule has 13 nitrogen and oxygen atoms in total. The summed E-state index contributed by atoms with van der Waals surface area (Å²) in [6, 6.07) is 6.16. The molecule has 0 radical (unpaired) electrons. The second-order valence-electron chi connectivity index (χ2n) is 10.0. The predicted molar refractivity (Wildman–Crippen MR) is 155 cm³/mol. The molecule has 0 amide bonds. The molecule has 0 spiro atoms. The number of ether oxygens (including phenoxy) is 2. The average molecular weight is 722 g/mol. The number of alkyl halides is 3. The van der Waals surface area contributed by atoms with E-state index in [0.29, 0.717) is 6.42 Å². The van der Waals surface area contributed by atoms with Crippen LogP contribution in [0.4, 0.5) is 22.0 Å². The van der Waals surface area contributed by atoms with Crippen molar-refractivity contribution in [2.45, 2.75) is 32.0 Å². The second kappa shape index (κ2) is 15.7. The Balaban J connectivity index is 0.00000338. The summed E-state index contributed by atoms with van der Waals surface area (Å²) in [5.41, 5.74) is -1.81. The van der Waals surface area contributed by atoms with E-state index in [1.165, 1.54) is 24.4 Å². The number of carbonyl (C=O) groups excluding carboxylic acids is 1. The first-order valence-corrected chi connectivity index (χ1v) is 15.4. The zero-order valence-electron chi connectivity index (χ0n) is 26.6. The van der Waals surface area contributed by atoms with E-state index in [4.69, 9.17) is 18.5 Å². The average Bonchev–Trinajstić information content (AvgIpc) is 3.68. The minimum Gasteiger partial charge on any atom is -1.00 e. The molecule has 2 aliphatic rings. The molecule has 0 bridgehead atoms. The zero-order chi connectivity index (χ0) is 34.6. The summed E-state index contributed by atoms with van der Waals surface area (Å²) in [4.78, 5) is 21.7. The zero-order valence-corrected chi connectivity index (χ0v) is 28.5. The molecule has 2 aliphatic heterocycles. The summed E-state index contributed by atoms with van der Waals surface area (Å²) in [6.45, 7) is 1.02. The number of hydrogen-bond donors (Lipinski definition) is 1. The third-order valence-corrected chi connectivity index (χ3v) is 7.04. The maximum atomic E-state index is 14.4. The van der Waals surface area contributed by atoms with E-state index in [2.05, 4.69) is 24.4 Å². The molecule has 2 aromatic carbocycles. The number of nitrogens with zero attached hydrogens (tertiary/aromatic N) is 5. The first-order chi connectivity index (χ1) is 22.7. The number of fused-ring (bicyclic) bond motifs is 1. The smallest absolute Gasteiger partial charge is 1.00 e. The van der Waals surface area contributed by atoms with Crippen LogP contribution in [-0.2, 0) is 30.3 Å². The van der Waals surface area contributed by atoms with Gasteiger partial charge >= 0.3 is 52.1 Å². The number of benzene rings is 2. The molecule has 0 fully saturated rings. The predicted octanol–water partition coefficient (Wildman–Crippen LogP) is 2.64. The number of imidazole rings is 1. The SMILES string of the molecule is CCCOc1ccc(-c2cc(C(C(=O)OCCCOS(=O)(=O)O)n3cc4nc(-c5cccc(F)c5F)nc-4cn3)on2)c(C(F)(F)F)c1.[H-].[Na+]. The van der Waals surface area contributed by atoms with E-state index in [1.54, 1.807) is 6.92 Å².